The van der Waals surface area contributed by atoms with Gasteiger partial charge in [0.25, 0.3) is 5.91 Å². The van der Waals surface area contributed by atoms with Crippen molar-refractivity contribution >= 4 is 17.8 Å². The highest BCUT2D eigenvalue weighted by atomic mass is 16.2. The van der Waals surface area contributed by atoms with Gasteiger partial charge in [0.15, 0.2) is 5.96 Å². The van der Waals surface area contributed by atoms with E-state index in [1.54, 1.807) is 31.4 Å². The lowest BCUT2D eigenvalue weighted by Gasteiger charge is -2.26. The molecular weight excluding hydrogens is 318 g/mol. The summed E-state index contributed by atoms with van der Waals surface area (Å²) in [4.78, 5) is 30.9. The van der Waals surface area contributed by atoms with Crippen molar-refractivity contribution in [3.05, 3.63) is 29.6 Å². The fourth-order valence-corrected chi connectivity index (χ4v) is 2.55. The summed E-state index contributed by atoms with van der Waals surface area (Å²) >= 11 is 0. The van der Waals surface area contributed by atoms with E-state index in [0.29, 0.717) is 18.7 Å². The van der Waals surface area contributed by atoms with E-state index < -0.39 is 0 Å². The van der Waals surface area contributed by atoms with Crippen molar-refractivity contribution in [3.8, 4) is 0 Å². The topological polar surface area (TPSA) is 89.4 Å². The zero-order valence-corrected chi connectivity index (χ0v) is 15.8. The average Bonchev–Trinajstić information content (AvgIpc) is 2.58. The number of nitrogens with one attached hydrogen (secondary N) is 2. The van der Waals surface area contributed by atoms with Gasteiger partial charge in [-0.3, -0.25) is 24.9 Å². The van der Waals surface area contributed by atoms with E-state index in [1.165, 1.54) is 11.8 Å². The Morgan fingerprint density at radius 2 is 2.04 bits per heavy atom. The largest absolute Gasteiger partial charge is 0.356 e. The van der Waals surface area contributed by atoms with Gasteiger partial charge in [0, 0.05) is 46.5 Å². The van der Waals surface area contributed by atoms with Crippen LogP contribution in [0.25, 0.3) is 0 Å². The van der Waals surface area contributed by atoms with Gasteiger partial charge in [-0.05, 0) is 30.9 Å². The van der Waals surface area contributed by atoms with Crippen LogP contribution in [0, 0.1) is 18.3 Å². The number of hydrogen-bond donors (Lipinski definition) is 2. The summed E-state index contributed by atoms with van der Waals surface area (Å²) in [7, 11) is 3.35. The summed E-state index contributed by atoms with van der Waals surface area (Å²) in [5.41, 5.74) is 1.51. The van der Waals surface area contributed by atoms with Gasteiger partial charge >= 0.3 is 0 Å². The second-order valence-corrected chi connectivity index (χ2v) is 6.34. The maximum Gasteiger partial charge on any atom is 0.255 e. The Morgan fingerprint density at radius 3 is 2.60 bits per heavy atom. The Hall–Kier alpha value is -2.44. The van der Waals surface area contributed by atoms with Gasteiger partial charge in [-0.15, -0.1) is 0 Å². The molecule has 2 amide bonds. The molecule has 2 N–H and O–H groups in total. The fourth-order valence-electron chi connectivity index (χ4n) is 2.55. The molecule has 0 fully saturated rings. The van der Waals surface area contributed by atoms with Crippen LogP contribution in [0.5, 0.6) is 0 Å². The number of hydrogen-bond acceptors (Lipinski definition) is 4. The molecule has 7 heteroatoms. The maximum absolute atomic E-state index is 12.6. The first-order chi connectivity index (χ1) is 11.8. The van der Waals surface area contributed by atoms with Crippen LogP contribution in [0.3, 0.4) is 0 Å². The predicted octanol–water partition coefficient (Wildman–Crippen LogP) is 1.88. The van der Waals surface area contributed by atoms with Crippen molar-refractivity contribution in [1.29, 1.82) is 5.41 Å². The number of rotatable bonds is 7. The van der Waals surface area contributed by atoms with Crippen LogP contribution in [0.15, 0.2) is 18.5 Å². The standard InChI is InChI=1S/C18H29N5O2/c1-6-7-15(10-21-18(19)23(5)14(3)24)12-22(4)17(25)16-11-20-9-8-13(16)2/h8-9,11,15H,6-7,10,12H2,1-5H3,(H2,19,21). The quantitative estimate of drug-likeness (QED) is 0.582. The number of carbonyl (C=O) groups excluding carboxylic acids is 2. The Morgan fingerprint density at radius 1 is 1.36 bits per heavy atom. The summed E-state index contributed by atoms with van der Waals surface area (Å²) in [6, 6.07) is 1.82. The van der Waals surface area contributed by atoms with Crippen molar-refractivity contribution in [2.75, 3.05) is 27.2 Å². The lowest BCUT2D eigenvalue weighted by atomic mass is 10.0. The molecule has 1 unspecified atom stereocenters. The van der Waals surface area contributed by atoms with Crippen molar-refractivity contribution in [2.24, 2.45) is 5.92 Å². The third kappa shape index (κ3) is 6.17. The zero-order chi connectivity index (χ0) is 19.0. The summed E-state index contributed by atoms with van der Waals surface area (Å²) in [6.07, 6.45) is 5.18. The zero-order valence-electron chi connectivity index (χ0n) is 15.8. The molecule has 0 aromatic carbocycles. The SMILES string of the molecule is CCCC(CNC(=N)N(C)C(C)=O)CN(C)C(=O)c1cnccc1C. The number of carbonyl (C=O) groups is 2. The Bertz CT molecular complexity index is 617. The van der Waals surface area contributed by atoms with Gasteiger partial charge in [-0.1, -0.05) is 13.3 Å². The van der Waals surface area contributed by atoms with Gasteiger partial charge in [0.05, 0.1) is 5.56 Å². The molecule has 0 bridgehead atoms. The lowest BCUT2D eigenvalue weighted by molar-refractivity contribution is -0.124. The van der Waals surface area contributed by atoms with Crippen molar-refractivity contribution in [2.45, 2.75) is 33.6 Å². The molecule has 1 aromatic rings. The van der Waals surface area contributed by atoms with E-state index in [4.69, 9.17) is 5.41 Å². The molecule has 0 spiro atoms. The normalized spacial score (nSPS) is 11.6. The van der Waals surface area contributed by atoms with Crippen LogP contribution in [-0.2, 0) is 4.79 Å². The first kappa shape index (κ1) is 20.6. The van der Waals surface area contributed by atoms with E-state index in [-0.39, 0.29) is 23.7 Å². The van der Waals surface area contributed by atoms with Crippen LogP contribution < -0.4 is 5.32 Å². The fraction of sp³-hybridized carbons (Fsp3) is 0.556. The first-order valence-electron chi connectivity index (χ1n) is 8.50. The Kier molecular flexibility index (Phi) is 8.04. The lowest BCUT2D eigenvalue weighted by Crippen LogP contribution is -2.44. The molecule has 0 radical (unpaired) electrons. The number of aryl methyl sites for hydroxylation is 1. The summed E-state index contributed by atoms with van der Waals surface area (Å²) in [6.45, 7) is 6.52. The highest BCUT2D eigenvalue weighted by molar-refractivity contribution is 5.95. The van der Waals surface area contributed by atoms with Crippen molar-refractivity contribution in [3.63, 3.8) is 0 Å². The van der Waals surface area contributed by atoms with Crippen molar-refractivity contribution in [1.82, 2.24) is 20.1 Å². The van der Waals surface area contributed by atoms with Crippen LogP contribution in [-0.4, -0.2) is 59.7 Å². The highest BCUT2D eigenvalue weighted by Crippen LogP contribution is 2.12. The number of pyridine rings is 1. The molecule has 25 heavy (non-hydrogen) atoms. The van der Waals surface area contributed by atoms with E-state index in [1.807, 2.05) is 13.0 Å². The molecule has 0 aliphatic rings. The maximum atomic E-state index is 12.6. The Balaban J connectivity index is 2.67. The van der Waals surface area contributed by atoms with Crippen LogP contribution in [0.4, 0.5) is 0 Å². The van der Waals surface area contributed by atoms with E-state index in [0.717, 1.165) is 18.4 Å². The molecule has 0 aliphatic carbocycles. The molecule has 0 saturated carbocycles. The van der Waals surface area contributed by atoms with Crippen LogP contribution in [0.2, 0.25) is 0 Å². The van der Waals surface area contributed by atoms with Crippen molar-refractivity contribution < 1.29 is 9.59 Å². The molecule has 1 atom stereocenters. The van der Waals surface area contributed by atoms with Gasteiger partial charge < -0.3 is 10.2 Å². The number of nitrogens with zero attached hydrogens (tertiary/aromatic N) is 3. The second-order valence-electron chi connectivity index (χ2n) is 6.34. The molecule has 1 heterocycles. The summed E-state index contributed by atoms with van der Waals surface area (Å²) < 4.78 is 0. The molecule has 1 aromatic heterocycles. The number of amides is 2. The molecular formula is C18H29N5O2. The summed E-state index contributed by atoms with van der Waals surface area (Å²) in [5, 5.41) is 10.9. The van der Waals surface area contributed by atoms with E-state index >= 15 is 0 Å². The molecule has 0 saturated heterocycles. The van der Waals surface area contributed by atoms with E-state index in [2.05, 4.69) is 17.2 Å². The monoisotopic (exact) mass is 347 g/mol. The number of aromatic nitrogens is 1. The van der Waals surface area contributed by atoms with Gasteiger partial charge in [-0.25, -0.2) is 0 Å². The molecule has 1 rings (SSSR count). The smallest absolute Gasteiger partial charge is 0.255 e. The van der Waals surface area contributed by atoms with Crippen LogP contribution in [0.1, 0.15) is 42.6 Å². The minimum atomic E-state index is -0.191. The minimum absolute atomic E-state index is 0.0531. The summed E-state index contributed by atoms with van der Waals surface area (Å²) in [5.74, 6) is 0.0221. The molecule has 0 aliphatic heterocycles. The highest BCUT2D eigenvalue weighted by Gasteiger charge is 2.19. The van der Waals surface area contributed by atoms with E-state index in [9.17, 15) is 9.59 Å². The van der Waals surface area contributed by atoms with Gasteiger partial charge in [0.1, 0.15) is 0 Å². The molecule has 7 nitrogen and oxygen atoms in total. The van der Waals surface area contributed by atoms with Gasteiger partial charge in [0.2, 0.25) is 5.91 Å². The average molecular weight is 347 g/mol. The predicted molar refractivity (Wildman–Crippen MR) is 98.5 cm³/mol. The van der Waals surface area contributed by atoms with Gasteiger partial charge in [-0.2, -0.15) is 0 Å². The molecule has 138 valence electrons. The third-order valence-corrected chi connectivity index (χ3v) is 4.21. The third-order valence-electron chi connectivity index (χ3n) is 4.21. The Labute approximate surface area is 149 Å². The first-order valence-corrected chi connectivity index (χ1v) is 8.50. The van der Waals surface area contributed by atoms with Crippen LogP contribution >= 0.6 is 0 Å². The second kappa shape index (κ2) is 9.76. The minimum Gasteiger partial charge on any atom is -0.356 e. The number of guanidine groups is 1.